The van der Waals surface area contributed by atoms with Crippen LogP contribution in [-0.2, 0) is 6.54 Å². The molecule has 3 N–H and O–H groups in total. The van der Waals surface area contributed by atoms with Gasteiger partial charge in [0.15, 0.2) is 0 Å². The largest absolute Gasteiger partial charge is 0.271 e. The first-order valence-corrected chi connectivity index (χ1v) is 6.72. The van der Waals surface area contributed by atoms with Crippen LogP contribution in [-0.4, -0.2) is 15.0 Å². The lowest BCUT2D eigenvalue weighted by Crippen LogP contribution is -2.31. The van der Waals surface area contributed by atoms with Gasteiger partial charge in [-0.15, -0.1) is 5.10 Å². The van der Waals surface area contributed by atoms with Gasteiger partial charge in [0.25, 0.3) is 0 Å². The van der Waals surface area contributed by atoms with E-state index in [9.17, 15) is 0 Å². The zero-order valence-electron chi connectivity index (χ0n) is 10.5. The van der Waals surface area contributed by atoms with Crippen LogP contribution in [0.1, 0.15) is 30.6 Å². The lowest BCUT2D eigenvalue weighted by Gasteiger charge is -2.18. The zero-order valence-corrected chi connectivity index (χ0v) is 12.0. The van der Waals surface area contributed by atoms with Crippen LogP contribution in [0.25, 0.3) is 0 Å². The Morgan fingerprint density at radius 3 is 2.84 bits per heavy atom. The van der Waals surface area contributed by atoms with E-state index in [0.29, 0.717) is 10.0 Å². The van der Waals surface area contributed by atoms with Crippen molar-refractivity contribution in [3.63, 3.8) is 0 Å². The third kappa shape index (κ3) is 3.06. The van der Waals surface area contributed by atoms with Crippen LogP contribution < -0.4 is 11.3 Å². The average molecular weight is 300 g/mol. The topological polar surface area (TPSA) is 68.8 Å². The number of hydrogen-bond donors (Lipinski definition) is 2. The number of nitrogens with zero attached hydrogens (tertiary/aromatic N) is 3. The van der Waals surface area contributed by atoms with Crippen molar-refractivity contribution in [3.8, 4) is 0 Å². The number of benzene rings is 1. The van der Waals surface area contributed by atoms with E-state index < -0.39 is 0 Å². The molecular formula is C12H15Cl2N5. The molecule has 0 radical (unpaired) electrons. The van der Waals surface area contributed by atoms with E-state index in [1.807, 2.05) is 10.7 Å². The number of rotatable bonds is 5. The summed E-state index contributed by atoms with van der Waals surface area (Å²) in [5, 5.41) is 9.12. The fraction of sp³-hybridized carbons (Fsp3) is 0.333. The number of nitrogens with one attached hydrogen (secondary N) is 1. The van der Waals surface area contributed by atoms with Gasteiger partial charge in [-0.05, 0) is 24.1 Å². The average Bonchev–Trinajstić information content (AvgIpc) is 2.82. The van der Waals surface area contributed by atoms with Gasteiger partial charge >= 0.3 is 0 Å². The minimum atomic E-state index is -0.272. The maximum atomic E-state index is 6.22. The normalized spacial score (nSPS) is 12.6. The smallest absolute Gasteiger partial charge is 0.0909 e. The van der Waals surface area contributed by atoms with Gasteiger partial charge < -0.3 is 0 Å². The molecule has 1 heterocycles. The summed E-state index contributed by atoms with van der Waals surface area (Å²) in [7, 11) is 0. The van der Waals surface area contributed by atoms with Crippen molar-refractivity contribution >= 4 is 23.2 Å². The number of hydrazine groups is 1. The van der Waals surface area contributed by atoms with E-state index in [0.717, 1.165) is 24.2 Å². The van der Waals surface area contributed by atoms with Gasteiger partial charge in [-0.3, -0.25) is 5.84 Å². The van der Waals surface area contributed by atoms with Gasteiger partial charge in [0, 0.05) is 16.6 Å². The molecule has 5 nitrogen and oxygen atoms in total. The third-order valence-corrected chi connectivity index (χ3v) is 3.38. The minimum Gasteiger partial charge on any atom is -0.271 e. The third-order valence-electron chi connectivity index (χ3n) is 2.82. The van der Waals surface area contributed by atoms with Crippen LogP contribution in [0.15, 0.2) is 24.4 Å². The fourth-order valence-corrected chi connectivity index (χ4v) is 2.46. The van der Waals surface area contributed by atoms with E-state index in [-0.39, 0.29) is 6.04 Å². The first-order chi connectivity index (χ1) is 9.17. The van der Waals surface area contributed by atoms with Crippen molar-refractivity contribution in [2.75, 3.05) is 0 Å². The van der Waals surface area contributed by atoms with Crippen LogP contribution >= 0.6 is 23.2 Å². The molecule has 0 fully saturated rings. The van der Waals surface area contributed by atoms with Crippen molar-refractivity contribution in [2.45, 2.75) is 25.9 Å². The molecule has 2 aromatic rings. The van der Waals surface area contributed by atoms with E-state index >= 15 is 0 Å². The van der Waals surface area contributed by atoms with Crippen LogP contribution in [0.5, 0.6) is 0 Å². The molecular weight excluding hydrogens is 285 g/mol. The van der Waals surface area contributed by atoms with E-state index in [1.165, 1.54) is 0 Å². The highest BCUT2D eigenvalue weighted by Gasteiger charge is 2.20. The molecule has 19 heavy (non-hydrogen) atoms. The Labute approximate surface area is 121 Å². The van der Waals surface area contributed by atoms with Gasteiger partial charge in [0.05, 0.1) is 17.9 Å². The Hall–Kier alpha value is -1.14. The molecule has 1 aromatic carbocycles. The summed E-state index contributed by atoms with van der Waals surface area (Å²) >= 11 is 12.1. The van der Waals surface area contributed by atoms with Gasteiger partial charge in [-0.25, -0.2) is 10.1 Å². The van der Waals surface area contributed by atoms with E-state index in [2.05, 4.69) is 22.7 Å². The number of halogens is 2. The van der Waals surface area contributed by atoms with E-state index in [4.69, 9.17) is 29.0 Å². The summed E-state index contributed by atoms with van der Waals surface area (Å²) in [6.07, 6.45) is 2.65. The zero-order chi connectivity index (χ0) is 13.8. The molecule has 2 rings (SSSR count). The van der Waals surface area contributed by atoms with Crippen LogP contribution in [0.2, 0.25) is 10.0 Å². The standard InChI is InChI=1S/C12H15Cl2N5/c1-2-5-19-11(7-16-18-19)12(17-15)9-4-3-8(13)6-10(9)14/h3-4,6-7,12,17H,2,5,15H2,1H3. The summed E-state index contributed by atoms with van der Waals surface area (Å²) in [6, 6.07) is 5.04. The predicted molar refractivity (Wildman–Crippen MR) is 75.9 cm³/mol. The molecule has 7 heteroatoms. The molecule has 0 aliphatic rings. The van der Waals surface area contributed by atoms with Gasteiger partial charge in [0.1, 0.15) is 0 Å². The fourth-order valence-electron chi connectivity index (χ4n) is 1.94. The minimum absolute atomic E-state index is 0.272. The number of aromatic nitrogens is 3. The molecule has 0 saturated heterocycles. The number of aryl methyl sites for hydroxylation is 1. The molecule has 0 saturated carbocycles. The lowest BCUT2D eigenvalue weighted by atomic mass is 10.0. The van der Waals surface area contributed by atoms with Crippen molar-refractivity contribution in [2.24, 2.45) is 5.84 Å². The molecule has 0 bridgehead atoms. The highest BCUT2D eigenvalue weighted by Crippen LogP contribution is 2.29. The second kappa shape index (κ2) is 6.34. The Bertz CT molecular complexity index is 555. The molecule has 0 aliphatic heterocycles. The second-order valence-electron chi connectivity index (χ2n) is 4.15. The highest BCUT2D eigenvalue weighted by molar-refractivity contribution is 6.35. The van der Waals surface area contributed by atoms with Crippen LogP contribution in [0.4, 0.5) is 0 Å². The van der Waals surface area contributed by atoms with Crippen LogP contribution in [0, 0.1) is 0 Å². The Morgan fingerprint density at radius 2 is 2.21 bits per heavy atom. The number of nitrogens with two attached hydrogens (primary N) is 1. The maximum absolute atomic E-state index is 6.22. The Balaban J connectivity index is 2.41. The molecule has 0 spiro atoms. The van der Waals surface area contributed by atoms with Gasteiger partial charge in [-0.2, -0.15) is 0 Å². The number of hydrogen-bond acceptors (Lipinski definition) is 4. The summed E-state index contributed by atoms with van der Waals surface area (Å²) in [4.78, 5) is 0. The molecule has 1 aromatic heterocycles. The summed E-state index contributed by atoms with van der Waals surface area (Å²) in [5.74, 6) is 5.66. The Kier molecular flexibility index (Phi) is 4.76. The van der Waals surface area contributed by atoms with Crippen molar-refractivity contribution in [1.82, 2.24) is 20.4 Å². The first kappa shape index (κ1) is 14.3. The molecule has 1 atom stereocenters. The van der Waals surface area contributed by atoms with Crippen LogP contribution in [0.3, 0.4) is 0 Å². The Morgan fingerprint density at radius 1 is 1.42 bits per heavy atom. The van der Waals surface area contributed by atoms with Crippen molar-refractivity contribution < 1.29 is 0 Å². The van der Waals surface area contributed by atoms with Gasteiger partial charge in [-0.1, -0.05) is 41.4 Å². The maximum Gasteiger partial charge on any atom is 0.0909 e. The van der Waals surface area contributed by atoms with E-state index in [1.54, 1.807) is 18.3 Å². The molecule has 0 amide bonds. The van der Waals surface area contributed by atoms with Gasteiger partial charge in [0.2, 0.25) is 0 Å². The first-order valence-electron chi connectivity index (χ1n) is 5.96. The monoisotopic (exact) mass is 299 g/mol. The molecule has 0 aliphatic carbocycles. The lowest BCUT2D eigenvalue weighted by molar-refractivity contribution is 0.512. The molecule has 1 unspecified atom stereocenters. The SMILES string of the molecule is CCCn1nncc1C(NN)c1ccc(Cl)cc1Cl. The summed E-state index contributed by atoms with van der Waals surface area (Å²) < 4.78 is 1.81. The molecule has 102 valence electrons. The van der Waals surface area contributed by atoms with Crippen molar-refractivity contribution in [1.29, 1.82) is 0 Å². The summed E-state index contributed by atoms with van der Waals surface area (Å²) in [6.45, 7) is 2.85. The quantitative estimate of drug-likeness (QED) is 0.657. The highest BCUT2D eigenvalue weighted by atomic mass is 35.5. The van der Waals surface area contributed by atoms with Crippen molar-refractivity contribution in [3.05, 3.63) is 45.7 Å². The predicted octanol–water partition coefficient (Wildman–Crippen LogP) is 2.55. The summed E-state index contributed by atoms with van der Waals surface area (Å²) in [5.41, 5.74) is 4.46. The second-order valence-corrected chi connectivity index (χ2v) is 4.99.